The summed E-state index contributed by atoms with van der Waals surface area (Å²) < 4.78 is 0. The van der Waals surface area contributed by atoms with E-state index in [2.05, 4.69) is 33.4 Å². The average Bonchev–Trinajstić information content (AvgIpc) is 1.84. The molecule has 0 aromatic heterocycles. The van der Waals surface area contributed by atoms with Crippen molar-refractivity contribution in [1.82, 2.24) is 0 Å². The molecule has 0 spiro atoms. The number of hydrogen-bond donors (Lipinski definition) is 0. The highest BCUT2D eigenvalue weighted by molar-refractivity contribution is 6.30. The van der Waals surface area contributed by atoms with Gasteiger partial charge in [0.2, 0.25) is 0 Å². The first-order valence-corrected chi connectivity index (χ1v) is 4.39. The summed E-state index contributed by atoms with van der Waals surface area (Å²) in [5.74, 6) is 0. The first-order chi connectivity index (χ1) is 4.98. The molecule has 0 aliphatic rings. The van der Waals surface area contributed by atoms with Crippen LogP contribution in [0.5, 0.6) is 0 Å². The predicted molar refractivity (Wildman–Crippen MR) is 52.8 cm³/mol. The molecule has 0 aromatic rings. The third kappa shape index (κ3) is 6.18. The van der Waals surface area contributed by atoms with Crippen molar-refractivity contribution in [3.8, 4) is 0 Å². The van der Waals surface area contributed by atoms with Crippen LogP contribution in [-0.2, 0) is 0 Å². The fourth-order valence-corrected chi connectivity index (χ4v) is 1.11. The van der Waals surface area contributed by atoms with Crippen LogP contribution >= 0.6 is 11.6 Å². The summed E-state index contributed by atoms with van der Waals surface area (Å²) in [7, 11) is 0. The van der Waals surface area contributed by atoms with Crippen LogP contribution in [0.2, 0.25) is 0 Å². The van der Waals surface area contributed by atoms with Gasteiger partial charge in [0.1, 0.15) is 0 Å². The Morgan fingerprint density at radius 2 is 2.09 bits per heavy atom. The Morgan fingerprint density at radius 3 is 2.45 bits per heavy atom. The zero-order chi connectivity index (χ0) is 8.91. The van der Waals surface area contributed by atoms with Gasteiger partial charge in [0.15, 0.2) is 0 Å². The Kier molecular flexibility index (Phi) is 4.51. The van der Waals surface area contributed by atoms with Gasteiger partial charge in [-0.05, 0) is 17.9 Å². The zero-order valence-electron chi connectivity index (χ0n) is 7.65. The number of allylic oxidation sites excluding steroid dienone is 3. The molecule has 0 atom stereocenters. The van der Waals surface area contributed by atoms with E-state index in [4.69, 9.17) is 11.6 Å². The van der Waals surface area contributed by atoms with Crippen molar-refractivity contribution in [3.05, 3.63) is 23.8 Å². The second kappa shape index (κ2) is 4.61. The van der Waals surface area contributed by atoms with E-state index < -0.39 is 0 Å². The molecule has 0 amide bonds. The van der Waals surface area contributed by atoms with Gasteiger partial charge in [-0.25, -0.2) is 0 Å². The maximum absolute atomic E-state index is 5.60. The third-order valence-corrected chi connectivity index (χ3v) is 1.74. The largest absolute Gasteiger partial charge is 0.0850 e. The van der Waals surface area contributed by atoms with Crippen LogP contribution in [0.3, 0.4) is 0 Å². The van der Waals surface area contributed by atoms with E-state index in [1.54, 1.807) is 0 Å². The van der Waals surface area contributed by atoms with Crippen LogP contribution in [-0.4, -0.2) is 0 Å². The molecule has 0 bridgehead atoms. The van der Waals surface area contributed by atoms with Crippen molar-refractivity contribution in [2.75, 3.05) is 0 Å². The van der Waals surface area contributed by atoms with Crippen LogP contribution < -0.4 is 0 Å². The van der Waals surface area contributed by atoms with E-state index >= 15 is 0 Å². The standard InChI is InChI=1S/C10H17Cl/c1-5-7-10(3,4)8-6-9(2)11/h6,8H,2,5,7H2,1,3-4H3/b8-6+. The smallest absolute Gasteiger partial charge is 0.0331 e. The average molecular weight is 173 g/mol. The molecule has 0 unspecified atom stereocenters. The van der Waals surface area contributed by atoms with Crippen molar-refractivity contribution in [3.63, 3.8) is 0 Å². The lowest BCUT2D eigenvalue weighted by Crippen LogP contribution is -2.05. The third-order valence-electron chi connectivity index (χ3n) is 1.61. The van der Waals surface area contributed by atoms with Crippen molar-refractivity contribution in [1.29, 1.82) is 0 Å². The fraction of sp³-hybridized carbons (Fsp3) is 0.600. The highest BCUT2D eigenvalue weighted by atomic mass is 35.5. The molecular formula is C10H17Cl. The molecule has 0 aromatic carbocycles. The summed E-state index contributed by atoms with van der Waals surface area (Å²) in [5.41, 5.74) is 0.257. The predicted octanol–water partition coefficient (Wildman–Crippen LogP) is 4.12. The summed E-state index contributed by atoms with van der Waals surface area (Å²) in [6, 6.07) is 0. The van der Waals surface area contributed by atoms with Crippen molar-refractivity contribution in [2.24, 2.45) is 5.41 Å². The SMILES string of the molecule is C=C(Cl)/C=C/C(C)(C)CCC. The number of rotatable bonds is 4. The van der Waals surface area contributed by atoms with Crippen molar-refractivity contribution < 1.29 is 0 Å². The summed E-state index contributed by atoms with van der Waals surface area (Å²) in [6.07, 6.45) is 6.38. The molecule has 0 aliphatic heterocycles. The van der Waals surface area contributed by atoms with Crippen molar-refractivity contribution in [2.45, 2.75) is 33.6 Å². The van der Waals surface area contributed by atoms with E-state index in [-0.39, 0.29) is 5.41 Å². The summed E-state index contributed by atoms with van der Waals surface area (Å²) in [5, 5.41) is 0.606. The first kappa shape index (κ1) is 10.8. The Labute approximate surface area is 74.9 Å². The topological polar surface area (TPSA) is 0 Å². The Hall–Kier alpha value is -0.230. The maximum atomic E-state index is 5.60. The minimum absolute atomic E-state index is 0.257. The van der Waals surface area contributed by atoms with Gasteiger partial charge in [-0.2, -0.15) is 0 Å². The molecule has 0 saturated heterocycles. The molecule has 0 N–H and O–H groups in total. The minimum Gasteiger partial charge on any atom is -0.0850 e. The molecular weight excluding hydrogens is 156 g/mol. The lowest BCUT2D eigenvalue weighted by atomic mass is 9.88. The Bertz CT molecular complexity index is 154. The quantitative estimate of drug-likeness (QED) is 0.560. The monoisotopic (exact) mass is 172 g/mol. The second-order valence-electron chi connectivity index (χ2n) is 3.52. The first-order valence-electron chi connectivity index (χ1n) is 4.01. The maximum Gasteiger partial charge on any atom is 0.0331 e. The number of halogens is 1. The molecule has 0 rings (SSSR count). The Balaban J connectivity index is 3.99. The van der Waals surface area contributed by atoms with E-state index in [1.165, 1.54) is 12.8 Å². The summed E-state index contributed by atoms with van der Waals surface area (Å²) >= 11 is 5.60. The molecule has 0 saturated carbocycles. The molecule has 0 radical (unpaired) electrons. The molecule has 0 nitrogen and oxygen atoms in total. The molecule has 0 fully saturated rings. The summed E-state index contributed by atoms with van der Waals surface area (Å²) in [6.45, 7) is 10.2. The van der Waals surface area contributed by atoms with E-state index in [1.807, 2.05) is 6.08 Å². The van der Waals surface area contributed by atoms with Gasteiger partial charge in [-0.1, -0.05) is 51.4 Å². The van der Waals surface area contributed by atoms with E-state index in [0.717, 1.165) is 0 Å². The van der Waals surface area contributed by atoms with Gasteiger partial charge < -0.3 is 0 Å². The van der Waals surface area contributed by atoms with Crippen LogP contribution in [0.1, 0.15) is 33.6 Å². The highest BCUT2D eigenvalue weighted by Gasteiger charge is 2.10. The van der Waals surface area contributed by atoms with Crippen LogP contribution in [0.4, 0.5) is 0 Å². The van der Waals surface area contributed by atoms with E-state index in [0.29, 0.717) is 5.03 Å². The van der Waals surface area contributed by atoms with E-state index in [9.17, 15) is 0 Å². The summed E-state index contributed by atoms with van der Waals surface area (Å²) in [4.78, 5) is 0. The molecule has 0 aliphatic carbocycles. The van der Waals surface area contributed by atoms with Gasteiger partial charge in [-0.3, -0.25) is 0 Å². The van der Waals surface area contributed by atoms with Gasteiger partial charge in [0.25, 0.3) is 0 Å². The molecule has 11 heavy (non-hydrogen) atoms. The minimum atomic E-state index is 0.257. The lowest BCUT2D eigenvalue weighted by molar-refractivity contribution is 0.432. The molecule has 1 heteroatoms. The fourth-order valence-electron chi connectivity index (χ4n) is 1.04. The molecule has 64 valence electrons. The van der Waals surface area contributed by atoms with Crippen LogP contribution in [0, 0.1) is 5.41 Å². The second-order valence-corrected chi connectivity index (χ2v) is 4.00. The van der Waals surface area contributed by atoms with Crippen molar-refractivity contribution >= 4 is 11.6 Å². The van der Waals surface area contributed by atoms with Gasteiger partial charge in [0, 0.05) is 5.03 Å². The highest BCUT2D eigenvalue weighted by Crippen LogP contribution is 2.24. The van der Waals surface area contributed by atoms with Gasteiger partial charge >= 0.3 is 0 Å². The van der Waals surface area contributed by atoms with Crippen LogP contribution in [0.25, 0.3) is 0 Å². The number of hydrogen-bond acceptors (Lipinski definition) is 0. The van der Waals surface area contributed by atoms with Crippen LogP contribution in [0.15, 0.2) is 23.8 Å². The zero-order valence-corrected chi connectivity index (χ0v) is 8.41. The normalized spacial score (nSPS) is 12.4. The molecule has 0 heterocycles. The Morgan fingerprint density at radius 1 is 1.55 bits per heavy atom. The van der Waals surface area contributed by atoms with Gasteiger partial charge in [0.05, 0.1) is 0 Å². The van der Waals surface area contributed by atoms with Gasteiger partial charge in [-0.15, -0.1) is 0 Å². The lowest BCUT2D eigenvalue weighted by Gasteiger charge is -2.18.